The number of aromatic hydroxyl groups is 1. The fraction of sp³-hybridized carbons (Fsp3) is 0.667. The highest BCUT2D eigenvalue weighted by Crippen LogP contribution is 2.22. The van der Waals surface area contributed by atoms with Gasteiger partial charge >= 0.3 is 0 Å². The number of phenolic OH excluding ortho intramolecular Hbond substituents is 1. The zero-order valence-corrected chi connectivity index (χ0v) is 15.5. The molecule has 0 unspecified atom stereocenters. The highest BCUT2D eigenvalue weighted by atomic mass is 16.5. The minimum atomic E-state index is 0.226. The number of hydrogen-bond acceptors (Lipinski definition) is 3. The van der Waals surface area contributed by atoms with Crippen LogP contribution < -0.4 is 0 Å². The third-order valence-electron chi connectivity index (χ3n) is 4.56. The second kappa shape index (κ2) is 12.9. The van der Waals surface area contributed by atoms with Gasteiger partial charge in [-0.2, -0.15) is 0 Å². The van der Waals surface area contributed by atoms with E-state index in [1.54, 1.807) is 12.1 Å². The van der Waals surface area contributed by atoms with Gasteiger partial charge in [-0.25, -0.2) is 0 Å². The molecule has 1 rings (SSSR count). The van der Waals surface area contributed by atoms with E-state index in [2.05, 4.69) is 13.8 Å². The Balaban J connectivity index is 2.46. The van der Waals surface area contributed by atoms with Crippen LogP contribution in [0.4, 0.5) is 0 Å². The molecule has 0 atom stereocenters. The second-order valence-corrected chi connectivity index (χ2v) is 6.68. The number of unbranched alkanes of at least 4 members (excludes halogenated alkanes) is 6. The molecule has 24 heavy (non-hydrogen) atoms. The maximum Gasteiger partial charge on any atom is 0.183 e. The average Bonchev–Trinajstić information content (AvgIpc) is 2.59. The Labute approximate surface area is 147 Å². The highest BCUT2D eigenvalue weighted by molar-refractivity contribution is 5.75. The first kappa shape index (κ1) is 20.5. The number of phenols is 1. The Morgan fingerprint density at radius 2 is 1.54 bits per heavy atom. The third kappa shape index (κ3) is 8.37. The summed E-state index contributed by atoms with van der Waals surface area (Å²) in [6.07, 6.45) is 12.0. The van der Waals surface area contributed by atoms with Gasteiger partial charge in [-0.15, -0.1) is 0 Å². The van der Waals surface area contributed by atoms with Gasteiger partial charge in [-0.1, -0.05) is 83.4 Å². The lowest BCUT2D eigenvalue weighted by molar-refractivity contribution is 0.252. The summed E-state index contributed by atoms with van der Waals surface area (Å²) in [7, 11) is 0. The van der Waals surface area contributed by atoms with Gasteiger partial charge in [-0.3, -0.25) is 5.41 Å². The van der Waals surface area contributed by atoms with Crippen LogP contribution in [0.5, 0.6) is 5.75 Å². The number of ether oxygens (including phenoxy) is 1. The van der Waals surface area contributed by atoms with E-state index in [1.807, 2.05) is 12.1 Å². The normalized spacial score (nSPS) is 11.0. The van der Waals surface area contributed by atoms with Gasteiger partial charge in [-0.05, 0) is 18.9 Å². The Kier molecular flexibility index (Phi) is 11.0. The van der Waals surface area contributed by atoms with Crippen molar-refractivity contribution in [3.63, 3.8) is 0 Å². The standard InChI is InChI=1S/C21H35NO2/c1-3-5-7-9-13-18(14-10-8-6-4-2)21(22)24-17-19-15-11-12-16-20(19)23/h11-12,15-16,18,22-23H,3-10,13-14,17H2,1-2H3. The van der Waals surface area contributed by atoms with Gasteiger partial charge in [0.15, 0.2) is 5.90 Å². The zero-order valence-electron chi connectivity index (χ0n) is 15.5. The molecule has 0 saturated heterocycles. The van der Waals surface area contributed by atoms with Gasteiger partial charge in [0.1, 0.15) is 12.4 Å². The zero-order chi connectivity index (χ0) is 17.6. The Hall–Kier alpha value is -1.51. The molecule has 0 aromatic heterocycles. The van der Waals surface area contributed by atoms with Gasteiger partial charge in [0.2, 0.25) is 0 Å². The van der Waals surface area contributed by atoms with Crippen LogP contribution in [-0.2, 0) is 11.3 Å². The van der Waals surface area contributed by atoms with Crippen molar-refractivity contribution < 1.29 is 9.84 Å². The smallest absolute Gasteiger partial charge is 0.183 e. The SMILES string of the molecule is CCCCCCC(CCCCCC)C(=N)OCc1ccccc1O. The minimum absolute atomic E-state index is 0.226. The van der Waals surface area contributed by atoms with Crippen molar-refractivity contribution in [3.05, 3.63) is 29.8 Å². The topological polar surface area (TPSA) is 53.3 Å². The minimum Gasteiger partial charge on any atom is -0.508 e. The fourth-order valence-corrected chi connectivity index (χ4v) is 2.95. The van der Waals surface area contributed by atoms with E-state index in [4.69, 9.17) is 10.1 Å². The molecule has 0 heterocycles. The fourth-order valence-electron chi connectivity index (χ4n) is 2.95. The molecule has 1 aromatic carbocycles. The molecule has 0 radical (unpaired) electrons. The molecule has 0 spiro atoms. The van der Waals surface area contributed by atoms with Crippen molar-refractivity contribution in [3.8, 4) is 5.75 Å². The first-order chi connectivity index (χ1) is 11.7. The summed E-state index contributed by atoms with van der Waals surface area (Å²) in [5.41, 5.74) is 0.748. The quantitative estimate of drug-likeness (QED) is 0.248. The predicted molar refractivity (Wildman–Crippen MR) is 102 cm³/mol. The van der Waals surface area contributed by atoms with Gasteiger partial charge in [0, 0.05) is 11.5 Å². The number of para-hydroxylation sites is 1. The number of rotatable bonds is 13. The molecule has 136 valence electrons. The summed E-state index contributed by atoms with van der Waals surface area (Å²) in [6, 6.07) is 7.19. The molecule has 0 aliphatic carbocycles. The van der Waals surface area contributed by atoms with Crippen LogP contribution in [0.25, 0.3) is 0 Å². The predicted octanol–water partition coefficient (Wildman–Crippen LogP) is 6.44. The monoisotopic (exact) mass is 333 g/mol. The Bertz CT molecular complexity index is 447. The molecule has 3 nitrogen and oxygen atoms in total. The summed E-state index contributed by atoms with van der Waals surface area (Å²) in [5.74, 6) is 0.864. The maximum absolute atomic E-state index is 9.81. The lowest BCUT2D eigenvalue weighted by Gasteiger charge is -2.19. The summed E-state index contributed by atoms with van der Waals surface area (Å²) in [6.45, 7) is 4.73. The van der Waals surface area contributed by atoms with E-state index in [0.717, 1.165) is 18.4 Å². The van der Waals surface area contributed by atoms with Crippen LogP contribution in [0, 0.1) is 11.3 Å². The van der Waals surface area contributed by atoms with Crippen molar-refractivity contribution in [1.29, 1.82) is 5.41 Å². The van der Waals surface area contributed by atoms with Crippen LogP contribution in [-0.4, -0.2) is 11.0 Å². The van der Waals surface area contributed by atoms with E-state index in [0.29, 0.717) is 5.90 Å². The first-order valence-corrected chi connectivity index (χ1v) is 9.67. The average molecular weight is 334 g/mol. The molecule has 0 aliphatic heterocycles. The second-order valence-electron chi connectivity index (χ2n) is 6.68. The lowest BCUT2D eigenvalue weighted by Crippen LogP contribution is -2.17. The molecule has 0 bridgehead atoms. The Morgan fingerprint density at radius 3 is 2.08 bits per heavy atom. The van der Waals surface area contributed by atoms with Crippen molar-refractivity contribution >= 4 is 5.90 Å². The van der Waals surface area contributed by atoms with Crippen LogP contribution in [0.3, 0.4) is 0 Å². The van der Waals surface area contributed by atoms with Crippen molar-refractivity contribution in [1.82, 2.24) is 0 Å². The summed E-state index contributed by atoms with van der Waals surface area (Å²) >= 11 is 0. The molecule has 0 amide bonds. The summed E-state index contributed by atoms with van der Waals surface area (Å²) in [4.78, 5) is 0. The molecular weight excluding hydrogens is 298 g/mol. The van der Waals surface area contributed by atoms with Crippen LogP contribution in [0.1, 0.15) is 83.6 Å². The van der Waals surface area contributed by atoms with Crippen LogP contribution in [0.15, 0.2) is 24.3 Å². The summed E-state index contributed by atoms with van der Waals surface area (Å²) < 4.78 is 5.71. The highest BCUT2D eigenvalue weighted by Gasteiger charge is 2.16. The van der Waals surface area contributed by atoms with E-state index < -0.39 is 0 Å². The van der Waals surface area contributed by atoms with Crippen molar-refractivity contribution in [2.45, 2.75) is 84.7 Å². The first-order valence-electron chi connectivity index (χ1n) is 9.67. The third-order valence-corrected chi connectivity index (χ3v) is 4.56. The van der Waals surface area contributed by atoms with Gasteiger partial charge < -0.3 is 9.84 Å². The number of nitrogens with one attached hydrogen (secondary N) is 1. The maximum atomic E-state index is 9.81. The van der Waals surface area contributed by atoms with Crippen LogP contribution in [0.2, 0.25) is 0 Å². The summed E-state index contributed by atoms with van der Waals surface area (Å²) in [5, 5.41) is 18.1. The molecule has 0 aliphatic rings. The molecule has 0 fully saturated rings. The van der Waals surface area contributed by atoms with Crippen molar-refractivity contribution in [2.24, 2.45) is 5.92 Å². The lowest BCUT2D eigenvalue weighted by atomic mass is 9.94. The van der Waals surface area contributed by atoms with E-state index in [9.17, 15) is 5.11 Å². The van der Waals surface area contributed by atoms with E-state index in [-0.39, 0.29) is 18.3 Å². The van der Waals surface area contributed by atoms with Crippen LogP contribution >= 0.6 is 0 Å². The molecule has 2 N–H and O–H groups in total. The van der Waals surface area contributed by atoms with E-state index in [1.165, 1.54) is 51.4 Å². The molecular formula is C21H35NO2. The molecule has 3 heteroatoms. The number of benzene rings is 1. The van der Waals surface area contributed by atoms with Gasteiger partial charge in [0.05, 0.1) is 0 Å². The largest absolute Gasteiger partial charge is 0.508 e. The Morgan fingerprint density at radius 1 is 0.958 bits per heavy atom. The number of hydrogen-bond donors (Lipinski definition) is 2. The van der Waals surface area contributed by atoms with Crippen molar-refractivity contribution in [2.75, 3.05) is 0 Å². The molecule has 1 aromatic rings. The van der Waals surface area contributed by atoms with Gasteiger partial charge in [0.25, 0.3) is 0 Å². The molecule has 0 saturated carbocycles. The van der Waals surface area contributed by atoms with E-state index >= 15 is 0 Å².